The zero-order valence-corrected chi connectivity index (χ0v) is 18.9. The van der Waals surface area contributed by atoms with Gasteiger partial charge in [0, 0.05) is 10.9 Å². The highest BCUT2D eigenvalue weighted by Crippen LogP contribution is 2.29. The van der Waals surface area contributed by atoms with Crippen molar-refractivity contribution in [1.29, 1.82) is 0 Å². The van der Waals surface area contributed by atoms with Gasteiger partial charge in [0.05, 0.1) is 12.8 Å². The number of benzene rings is 3. The number of ether oxygens (including phenoxy) is 2. The fourth-order valence-corrected chi connectivity index (χ4v) is 3.62. The minimum atomic E-state index is 0.305. The van der Waals surface area contributed by atoms with Gasteiger partial charge < -0.3 is 14.5 Å². The zero-order chi connectivity index (χ0) is 23.3. The van der Waals surface area contributed by atoms with Crippen LogP contribution in [0.4, 0.5) is 5.95 Å². The molecule has 8 nitrogen and oxygen atoms in total. The number of anilines is 1. The van der Waals surface area contributed by atoms with Crippen molar-refractivity contribution in [3.05, 3.63) is 83.4 Å². The Morgan fingerprint density at radius 1 is 0.971 bits per heavy atom. The van der Waals surface area contributed by atoms with Crippen LogP contribution in [0.15, 0.2) is 71.8 Å². The molecule has 2 N–H and O–H groups in total. The molecule has 0 saturated carbocycles. The Morgan fingerprint density at radius 2 is 1.85 bits per heavy atom. The Labute approximate surface area is 196 Å². The van der Waals surface area contributed by atoms with E-state index in [1.54, 1.807) is 6.21 Å². The number of hydrogen-bond donors (Lipinski definition) is 2. The van der Waals surface area contributed by atoms with Gasteiger partial charge in [0.25, 0.3) is 5.95 Å². The van der Waals surface area contributed by atoms with Gasteiger partial charge in [-0.1, -0.05) is 42.0 Å². The summed E-state index contributed by atoms with van der Waals surface area (Å²) < 4.78 is 11.7. The maximum atomic E-state index is 5.96. The minimum absolute atomic E-state index is 0.305. The average molecular weight is 453 g/mol. The van der Waals surface area contributed by atoms with Gasteiger partial charge in [-0.25, -0.2) is 5.43 Å². The van der Waals surface area contributed by atoms with E-state index in [9.17, 15) is 0 Å². The quantitative estimate of drug-likeness (QED) is 0.247. The molecule has 0 spiro atoms. The molecule has 3 aromatic carbocycles. The lowest BCUT2D eigenvalue weighted by Gasteiger charge is -2.12. The number of aromatic nitrogens is 4. The highest BCUT2D eigenvalue weighted by atomic mass is 16.5. The van der Waals surface area contributed by atoms with Crippen LogP contribution in [0.5, 0.6) is 11.5 Å². The van der Waals surface area contributed by atoms with Gasteiger partial charge in [-0.15, -0.1) is 10.2 Å². The van der Waals surface area contributed by atoms with E-state index in [1.165, 1.54) is 0 Å². The molecule has 34 heavy (non-hydrogen) atoms. The normalized spacial score (nSPS) is 11.4. The lowest BCUT2D eigenvalue weighted by atomic mass is 10.2. The Bertz CT molecular complexity index is 1460. The number of fused-ring (bicyclic) bond motifs is 3. The molecule has 0 bridgehead atoms. The Hall–Kier alpha value is -4.46. The van der Waals surface area contributed by atoms with E-state index < -0.39 is 0 Å². The van der Waals surface area contributed by atoms with E-state index in [2.05, 4.69) is 36.8 Å². The van der Waals surface area contributed by atoms with Crippen molar-refractivity contribution in [2.75, 3.05) is 12.0 Å². The van der Waals surface area contributed by atoms with Gasteiger partial charge in [0.2, 0.25) is 0 Å². The van der Waals surface area contributed by atoms with Gasteiger partial charge in [-0.05, 0) is 55.3 Å². The van der Waals surface area contributed by atoms with Crippen molar-refractivity contribution < 1.29 is 9.47 Å². The van der Waals surface area contributed by atoms with Crippen molar-refractivity contribution in [1.82, 2.24) is 20.2 Å². The first-order chi connectivity index (χ1) is 16.7. The molecule has 2 heterocycles. The van der Waals surface area contributed by atoms with Gasteiger partial charge in [-0.3, -0.25) is 0 Å². The molecule has 0 fully saturated rings. The molecule has 170 valence electrons. The summed E-state index contributed by atoms with van der Waals surface area (Å²) in [7, 11) is 0. The van der Waals surface area contributed by atoms with Crippen molar-refractivity contribution in [3.8, 4) is 11.5 Å². The molecule has 0 aliphatic rings. The lowest BCUT2D eigenvalue weighted by Crippen LogP contribution is -2.01. The van der Waals surface area contributed by atoms with Crippen LogP contribution < -0.4 is 14.9 Å². The van der Waals surface area contributed by atoms with Gasteiger partial charge in [0.1, 0.15) is 12.1 Å². The van der Waals surface area contributed by atoms with Crippen LogP contribution in [-0.4, -0.2) is 33.0 Å². The number of aryl methyl sites for hydroxylation is 1. The van der Waals surface area contributed by atoms with Crippen molar-refractivity contribution in [3.63, 3.8) is 0 Å². The first-order valence-corrected chi connectivity index (χ1v) is 11.0. The zero-order valence-electron chi connectivity index (χ0n) is 18.9. The second kappa shape index (κ2) is 9.58. The summed E-state index contributed by atoms with van der Waals surface area (Å²) >= 11 is 0. The van der Waals surface area contributed by atoms with Crippen LogP contribution in [0.1, 0.15) is 23.6 Å². The lowest BCUT2D eigenvalue weighted by molar-refractivity contribution is 0.269. The molecule has 5 aromatic rings. The largest absolute Gasteiger partial charge is 0.490 e. The second-order valence-corrected chi connectivity index (χ2v) is 7.79. The Kier molecular flexibility index (Phi) is 6.03. The number of aromatic amines is 1. The number of nitrogens with zero attached hydrogens (tertiary/aromatic N) is 4. The standard InChI is InChI=1S/C26H24N6O2/c1-3-33-23-14-19(10-12-22(23)34-16-18-7-5-4-6-8-18)15-27-31-26-29-25-24(30-32-26)20-13-17(2)9-11-21(20)28-25/h4-15H,3,16H2,1-2H3,(H2,28,29,31,32)/b27-15+. The summed E-state index contributed by atoms with van der Waals surface area (Å²) in [6.45, 7) is 4.98. The first-order valence-electron chi connectivity index (χ1n) is 11.0. The maximum absolute atomic E-state index is 5.96. The summed E-state index contributed by atoms with van der Waals surface area (Å²) in [6, 6.07) is 21.8. The molecule has 0 atom stereocenters. The monoisotopic (exact) mass is 452 g/mol. The molecule has 8 heteroatoms. The molecular weight excluding hydrogens is 428 g/mol. The van der Waals surface area contributed by atoms with E-state index in [0.717, 1.165) is 33.1 Å². The fourth-order valence-electron chi connectivity index (χ4n) is 3.62. The van der Waals surface area contributed by atoms with E-state index >= 15 is 0 Å². The SMILES string of the molecule is CCOc1cc(/C=N/Nc2nnc3c(n2)[nH]c2ccc(C)cc23)ccc1OCc1ccccc1. The molecule has 5 rings (SSSR count). The Balaban J connectivity index is 1.30. The van der Waals surface area contributed by atoms with Crippen LogP contribution in [0, 0.1) is 6.92 Å². The number of nitrogens with one attached hydrogen (secondary N) is 2. The summed E-state index contributed by atoms with van der Waals surface area (Å²) in [5.41, 5.74) is 8.31. The molecule has 0 saturated heterocycles. The second-order valence-electron chi connectivity index (χ2n) is 7.79. The topological polar surface area (TPSA) is 97.3 Å². The third kappa shape index (κ3) is 4.66. The Morgan fingerprint density at radius 3 is 2.71 bits per heavy atom. The van der Waals surface area contributed by atoms with Crippen LogP contribution >= 0.6 is 0 Å². The molecule has 0 unspecified atom stereocenters. The summed E-state index contributed by atoms with van der Waals surface area (Å²) in [5.74, 6) is 1.65. The molecule has 0 aliphatic carbocycles. The molecular formula is C26H24N6O2. The van der Waals surface area contributed by atoms with Gasteiger partial charge in [-0.2, -0.15) is 10.1 Å². The summed E-state index contributed by atoms with van der Waals surface area (Å²) in [6.07, 6.45) is 1.67. The van der Waals surface area contributed by atoms with Gasteiger partial charge in [0.15, 0.2) is 17.1 Å². The van der Waals surface area contributed by atoms with E-state index in [4.69, 9.17) is 9.47 Å². The van der Waals surface area contributed by atoms with Gasteiger partial charge >= 0.3 is 0 Å². The van der Waals surface area contributed by atoms with Crippen LogP contribution in [0.2, 0.25) is 0 Å². The summed E-state index contributed by atoms with van der Waals surface area (Å²) in [5, 5.41) is 13.7. The maximum Gasteiger partial charge on any atom is 0.265 e. The van der Waals surface area contributed by atoms with Crippen molar-refractivity contribution >= 4 is 34.2 Å². The molecule has 2 aromatic heterocycles. The predicted octanol–water partition coefficient (Wildman–Crippen LogP) is 5.24. The average Bonchev–Trinajstić information content (AvgIpc) is 3.21. The fraction of sp³-hybridized carbons (Fsp3) is 0.154. The number of hydrazone groups is 1. The first kappa shape index (κ1) is 21.4. The summed E-state index contributed by atoms with van der Waals surface area (Å²) in [4.78, 5) is 7.76. The highest BCUT2D eigenvalue weighted by molar-refractivity contribution is 6.03. The molecule has 0 amide bonds. The minimum Gasteiger partial charge on any atom is -0.490 e. The smallest absolute Gasteiger partial charge is 0.265 e. The highest BCUT2D eigenvalue weighted by Gasteiger charge is 2.09. The van der Waals surface area contributed by atoms with E-state index in [0.29, 0.717) is 36.3 Å². The number of rotatable bonds is 8. The predicted molar refractivity (Wildman–Crippen MR) is 134 cm³/mol. The van der Waals surface area contributed by atoms with Crippen LogP contribution in [0.3, 0.4) is 0 Å². The number of hydrogen-bond acceptors (Lipinski definition) is 7. The molecule has 0 radical (unpaired) electrons. The third-order valence-electron chi connectivity index (χ3n) is 5.25. The van der Waals surface area contributed by atoms with Crippen LogP contribution in [-0.2, 0) is 6.61 Å². The van der Waals surface area contributed by atoms with E-state index in [-0.39, 0.29) is 0 Å². The van der Waals surface area contributed by atoms with Crippen molar-refractivity contribution in [2.45, 2.75) is 20.5 Å². The number of H-pyrrole nitrogens is 1. The third-order valence-corrected chi connectivity index (χ3v) is 5.25. The van der Waals surface area contributed by atoms with Crippen LogP contribution in [0.25, 0.3) is 22.1 Å². The van der Waals surface area contributed by atoms with E-state index in [1.807, 2.05) is 74.5 Å². The van der Waals surface area contributed by atoms with Crippen molar-refractivity contribution in [2.24, 2.45) is 5.10 Å². The molecule has 0 aliphatic heterocycles.